The molecular formula is C18H29N3OS. The van der Waals surface area contributed by atoms with Crippen LogP contribution in [0.1, 0.15) is 18.7 Å². The monoisotopic (exact) mass is 335 g/mol. The number of hydrogen-bond acceptors (Lipinski definition) is 5. The van der Waals surface area contributed by atoms with Crippen molar-refractivity contribution < 1.29 is 4.74 Å². The minimum absolute atomic E-state index is 0.844. The lowest BCUT2D eigenvalue weighted by molar-refractivity contribution is 0.162. The minimum atomic E-state index is 0.844. The van der Waals surface area contributed by atoms with Crippen LogP contribution in [-0.4, -0.2) is 50.3 Å². The third-order valence-electron chi connectivity index (χ3n) is 3.13. The van der Waals surface area contributed by atoms with Crippen molar-refractivity contribution in [2.45, 2.75) is 20.4 Å². The average molecular weight is 336 g/mol. The van der Waals surface area contributed by atoms with E-state index in [1.165, 1.54) is 4.88 Å². The third-order valence-corrected chi connectivity index (χ3v) is 3.99. The minimum Gasteiger partial charge on any atom is -0.382 e. The standard InChI is InChI=1S/C14H19N3S.C4H10O/c1-16(2)9-10-17(12-13-6-5-11-18-13)14-7-3-4-8-15-14;1-3-5-4-2/h3-8,11H,9-10,12H2,1-2H3;3-4H2,1-2H3. The summed E-state index contributed by atoms with van der Waals surface area (Å²) in [5.74, 6) is 1.05. The molecule has 0 aliphatic carbocycles. The highest BCUT2D eigenvalue weighted by atomic mass is 32.1. The van der Waals surface area contributed by atoms with Crippen LogP contribution in [0, 0.1) is 0 Å². The molecule has 0 bridgehead atoms. The highest BCUT2D eigenvalue weighted by molar-refractivity contribution is 7.09. The van der Waals surface area contributed by atoms with E-state index in [1.54, 1.807) is 11.3 Å². The van der Waals surface area contributed by atoms with Gasteiger partial charge in [0.2, 0.25) is 0 Å². The van der Waals surface area contributed by atoms with E-state index in [1.807, 2.05) is 32.2 Å². The summed E-state index contributed by atoms with van der Waals surface area (Å²) in [7, 11) is 4.20. The molecule has 0 saturated heterocycles. The van der Waals surface area contributed by atoms with Gasteiger partial charge in [-0.15, -0.1) is 11.3 Å². The summed E-state index contributed by atoms with van der Waals surface area (Å²) in [5, 5.41) is 2.12. The van der Waals surface area contributed by atoms with Gasteiger partial charge in [0.25, 0.3) is 0 Å². The first-order valence-corrected chi connectivity index (χ1v) is 8.96. The fourth-order valence-electron chi connectivity index (χ4n) is 1.93. The first-order valence-electron chi connectivity index (χ1n) is 8.08. The fraction of sp³-hybridized carbons (Fsp3) is 0.500. The molecule has 0 amide bonds. The Balaban J connectivity index is 0.000000463. The van der Waals surface area contributed by atoms with Crippen LogP contribution in [0.4, 0.5) is 5.82 Å². The quantitative estimate of drug-likeness (QED) is 0.734. The number of likely N-dealkylation sites (N-methyl/N-ethyl adjacent to an activating group) is 1. The van der Waals surface area contributed by atoms with Gasteiger partial charge in [0.15, 0.2) is 0 Å². The van der Waals surface area contributed by atoms with Gasteiger partial charge in [-0.1, -0.05) is 12.1 Å². The molecule has 2 aromatic heterocycles. The second-order valence-electron chi connectivity index (χ2n) is 5.27. The van der Waals surface area contributed by atoms with Crippen LogP contribution in [0.25, 0.3) is 0 Å². The molecule has 0 unspecified atom stereocenters. The molecule has 0 aliphatic rings. The SMILES string of the molecule is CCOCC.CN(C)CCN(Cc1cccs1)c1ccccn1. The molecule has 0 N–H and O–H groups in total. The smallest absolute Gasteiger partial charge is 0.128 e. The van der Waals surface area contributed by atoms with Crippen LogP contribution in [0.3, 0.4) is 0 Å². The Bertz CT molecular complexity index is 486. The van der Waals surface area contributed by atoms with Gasteiger partial charge in [-0.2, -0.15) is 0 Å². The number of ether oxygens (including phenoxy) is 1. The lowest BCUT2D eigenvalue weighted by Crippen LogP contribution is -2.31. The number of pyridine rings is 1. The van der Waals surface area contributed by atoms with Crippen molar-refractivity contribution in [3.63, 3.8) is 0 Å². The zero-order chi connectivity index (χ0) is 16.9. The number of aromatic nitrogens is 1. The molecule has 128 valence electrons. The van der Waals surface area contributed by atoms with Gasteiger partial charge in [0.05, 0.1) is 6.54 Å². The lowest BCUT2D eigenvalue weighted by atomic mass is 10.3. The van der Waals surface area contributed by atoms with Crippen molar-refractivity contribution in [3.8, 4) is 0 Å². The zero-order valence-electron chi connectivity index (χ0n) is 14.7. The molecule has 4 nitrogen and oxygen atoms in total. The Kier molecular flexibility index (Phi) is 10.3. The van der Waals surface area contributed by atoms with Gasteiger partial charge in [-0.25, -0.2) is 4.98 Å². The van der Waals surface area contributed by atoms with Crippen molar-refractivity contribution in [2.75, 3.05) is 45.3 Å². The maximum Gasteiger partial charge on any atom is 0.128 e. The molecule has 0 aromatic carbocycles. The summed E-state index contributed by atoms with van der Waals surface area (Å²) in [6.45, 7) is 8.62. The molecule has 2 aromatic rings. The van der Waals surface area contributed by atoms with Gasteiger partial charge < -0.3 is 14.5 Å². The molecule has 0 spiro atoms. The average Bonchev–Trinajstić information content (AvgIpc) is 3.06. The Labute approximate surface area is 144 Å². The molecule has 0 atom stereocenters. The Morgan fingerprint density at radius 2 is 1.83 bits per heavy atom. The van der Waals surface area contributed by atoms with E-state index in [9.17, 15) is 0 Å². The topological polar surface area (TPSA) is 28.6 Å². The Morgan fingerprint density at radius 3 is 2.30 bits per heavy atom. The maximum absolute atomic E-state index is 4.83. The molecule has 0 aliphatic heterocycles. The summed E-state index contributed by atoms with van der Waals surface area (Å²) in [4.78, 5) is 10.3. The predicted octanol–water partition coefficient (Wildman–Crippen LogP) is 3.75. The largest absolute Gasteiger partial charge is 0.382 e. The Hall–Kier alpha value is -1.43. The highest BCUT2D eigenvalue weighted by Crippen LogP contribution is 2.17. The van der Waals surface area contributed by atoms with Crippen LogP contribution in [0.5, 0.6) is 0 Å². The summed E-state index contributed by atoms with van der Waals surface area (Å²) in [5.41, 5.74) is 0. The van der Waals surface area contributed by atoms with Crippen LogP contribution in [0.15, 0.2) is 41.9 Å². The number of thiophene rings is 1. The van der Waals surface area contributed by atoms with Gasteiger partial charge in [-0.3, -0.25) is 0 Å². The van der Waals surface area contributed by atoms with Gasteiger partial charge in [0, 0.05) is 37.4 Å². The van der Waals surface area contributed by atoms with E-state index in [-0.39, 0.29) is 0 Å². The van der Waals surface area contributed by atoms with Crippen molar-refractivity contribution >= 4 is 17.2 Å². The predicted molar refractivity (Wildman–Crippen MR) is 100 cm³/mol. The van der Waals surface area contributed by atoms with Crippen LogP contribution >= 0.6 is 11.3 Å². The number of rotatable bonds is 8. The number of nitrogens with zero attached hydrogens (tertiary/aromatic N) is 3. The van der Waals surface area contributed by atoms with Crippen molar-refractivity contribution in [3.05, 3.63) is 46.8 Å². The summed E-state index contributed by atoms with van der Waals surface area (Å²) in [6, 6.07) is 10.3. The lowest BCUT2D eigenvalue weighted by Gasteiger charge is -2.24. The van der Waals surface area contributed by atoms with Crippen molar-refractivity contribution in [1.29, 1.82) is 0 Å². The molecule has 0 radical (unpaired) electrons. The van der Waals surface area contributed by atoms with E-state index < -0.39 is 0 Å². The normalized spacial score (nSPS) is 10.3. The molecule has 2 rings (SSSR count). The van der Waals surface area contributed by atoms with E-state index in [4.69, 9.17) is 4.74 Å². The summed E-state index contributed by atoms with van der Waals surface area (Å²) >= 11 is 1.80. The van der Waals surface area contributed by atoms with E-state index in [0.29, 0.717) is 0 Å². The van der Waals surface area contributed by atoms with E-state index in [2.05, 4.69) is 52.5 Å². The molecule has 0 fully saturated rings. The van der Waals surface area contributed by atoms with Crippen molar-refractivity contribution in [1.82, 2.24) is 9.88 Å². The molecular weight excluding hydrogens is 306 g/mol. The summed E-state index contributed by atoms with van der Waals surface area (Å²) in [6.07, 6.45) is 1.85. The molecule has 5 heteroatoms. The third kappa shape index (κ3) is 8.69. The molecule has 23 heavy (non-hydrogen) atoms. The van der Waals surface area contributed by atoms with Gasteiger partial charge in [-0.05, 0) is 51.5 Å². The Morgan fingerprint density at radius 1 is 1.04 bits per heavy atom. The van der Waals surface area contributed by atoms with E-state index >= 15 is 0 Å². The molecule has 0 saturated carbocycles. The van der Waals surface area contributed by atoms with Crippen LogP contribution in [0.2, 0.25) is 0 Å². The highest BCUT2D eigenvalue weighted by Gasteiger charge is 2.09. The summed E-state index contributed by atoms with van der Waals surface area (Å²) < 4.78 is 4.83. The molecule has 2 heterocycles. The second-order valence-corrected chi connectivity index (χ2v) is 6.31. The number of hydrogen-bond donors (Lipinski definition) is 0. The second kappa shape index (κ2) is 12.0. The van der Waals surface area contributed by atoms with Gasteiger partial charge >= 0.3 is 0 Å². The van der Waals surface area contributed by atoms with Crippen LogP contribution < -0.4 is 4.90 Å². The maximum atomic E-state index is 4.83. The van der Waals surface area contributed by atoms with Crippen molar-refractivity contribution in [2.24, 2.45) is 0 Å². The van der Waals surface area contributed by atoms with Crippen LogP contribution in [-0.2, 0) is 11.3 Å². The van der Waals surface area contributed by atoms with E-state index in [0.717, 1.165) is 38.7 Å². The zero-order valence-corrected chi connectivity index (χ0v) is 15.6. The fourth-order valence-corrected chi connectivity index (χ4v) is 2.65. The van der Waals surface area contributed by atoms with Gasteiger partial charge in [0.1, 0.15) is 5.82 Å². The first kappa shape index (κ1) is 19.6. The first-order chi connectivity index (χ1) is 11.2. The number of anilines is 1.